The van der Waals surface area contributed by atoms with Gasteiger partial charge in [-0.1, -0.05) is 18.2 Å². The van der Waals surface area contributed by atoms with Gasteiger partial charge in [-0.3, -0.25) is 4.99 Å². The Bertz CT molecular complexity index is 527. The van der Waals surface area contributed by atoms with Crippen LogP contribution in [0.3, 0.4) is 0 Å². The Morgan fingerprint density at radius 1 is 1.29 bits per heavy atom. The zero-order valence-electron chi connectivity index (χ0n) is 14.9. The molecule has 24 heavy (non-hydrogen) atoms. The van der Waals surface area contributed by atoms with Crippen LogP contribution >= 0.6 is 0 Å². The largest absolute Gasteiger partial charge is 0.381 e. The van der Waals surface area contributed by atoms with Crippen molar-refractivity contribution < 1.29 is 4.74 Å². The fraction of sp³-hybridized carbons (Fsp3) is 0.632. The quantitative estimate of drug-likeness (QED) is 0.663. The van der Waals surface area contributed by atoms with Gasteiger partial charge in [0.2, 0.25) is 0 Å². The van der Waals surface area contributed by atoms with Gasteiger partial charge in [0.1, 0.15) is 0 Å². The Morgan fingerprint density at radius 2 is 2.12 bits per heavy atom. The van der Waals surface area contributed by atoms with Crippen LogP contribution in [0.1, 0.15) is 12.8 Å². The highest BCUT2D eigenvalue weighted by Gasteiger charge is 2.24. The summed E-state index contributed by atoms with van der Waals surface area (Å²) in [5, 5.41) is 3.57. The molecule has 5 nitrogen and oxygen atoms in total. The normalized spacial score (nSPS) is 24.4. The molecule has 132 valence electrons. The summed E-state index contributed by atoms with van der Waals surface area (Å²) in [6.45, 7) is 6.05. The number of nitrogens with zero attached hydrogens (tertiary/aromatic N) is 3. The number of hydrogen-bond donors (Lipinski definition) is 1. The second-order valence-electron chi connectivity index (χ2n) is 6.97. The van der Waals surface area contributed by atoms with E-state index in [0.717, 1.165) is 51.8 Å². The Kier molecular flexibility index (Phi) is 5.96. The number of para-hydroxylation sites is 1. The zero-order valence-corrected chi connectivity index (χ0v) is 14.9. The first-order valence-corrected chi connectivity index (χ1v) is 9.06. The summed E-state index contributed by atoms with van der Waals surface area (Å²) >= 11 is 0. The van der Waals surface area contributed by atoms with Crippen LogP contribution in [0.2, 0.25) is 0 Å². The minimum absolute atomic E-state index is 0.633. The molecule has 2 saturated heterocycles. The van der Waals surface area contributed by atoms with E-state index in [1.165, 1.54) is 12.1 Å². The Morgan fingerprint density at radius 3 is 2.83 bits per heavy atom. The van der Waals surface area contributed by atoms with Crippen molar-refractivity contribution in [3.05, 3.63) is 30.3 Å². The Hall–Kier alpha value is -1.75. The van der Waals surface area contributed by atoms with Gasteiger partial charge in [-0.25, -0.2) is 0 Å². The van der Waals surface area contributed by atoms with Crippen molar-refractivity contribution >= 4 is 11.6 Å². The number of guanidine groups is 1. The number of aliphatic imine (C=N–C) groups is 1. The Labute approximate surface area is 145 Å². The summed E-state index contributed by atoms with van der Waals surface area (Å²) in [4.78, 5) is 9.17. The third-order valence-corrected chi connectivity index (χ3v) is 5.09. The molecule has 0 aromatic heterocycles. The number of hydrogen-bond acceptors (Lipinski definition) is 3. The van der Waals surface area contributed by atoms with Crippen molar-refractivity contribution in [2.45, 2.75) is 12.8 Å². The topological polar surface area (TPSA) is 40.1 Å². The number of benzene rings is 1. The van der Waals surface area contributed by atoms with Gasteiger partial charge >= 0.3 is 0 Å². The monoisotopic (exact) mass is 330 g/mol. The van der Waals surface area contributed by atoms with Crippen molar-refractivity contribution in [1.82, 2.24) is 10.2 Å². The van der Waals surface area contributed by atoms with E-state index < -0.39 is 0 Å². The van der Waals surface area contributed by atoms with Crippen LogP contribution in [0.15, 0.2) is 35.3 Å². The van der Waals surface area contributed by atoms with E-state index >= 15 is 0 Å². The van der Waals surface area contributed by atoms with Gasteiger partial charge in [-0.15, -0.1) is 0 Å². The highest BCUT2D eigenvalue weighted by Crippen LogP contribution is 2.23. The van der Waals surface area contributed by atoms with Gasteiger partial charge in [0.05, 0.1) is 6.61 Å². The maximum absolute atomic E-state index is 5.47. The van der Waals surface area contributed by atoms with E-state index in [1.54, 1.807) is 0 Å². The van der Waals surface area contributed by atoms with E-state index in [2.05, 4.69) is 57.5 Å². The first kappa shape index (κ1) is 17.1. The third kappa shape index (κ3) is 4.41. The van der Waals surface area contributed by atoms with Crippen molar-refractivity contribution in [2.24, 2.45) is 16.8 Å². The zero-order chi connectivity index (χ0) is 16.8. The summed E-state index contributed by atoms with van der Waals surface area (Å²) in [7, 11) is 3.99. The van der Waals surface area contributed by atoms with Crippen molar-refractivity contribution in [3.8, 4) is 0 Å². The SMILES string of the molecule is CN=C(NCC1CCN(c2ccccc2)C1)N(C)CC1CCOC1. The first-order chi connectivity index (χ1) is 11.8. The van der Waals surface area contributed by atoms with E-state index in [-0.39, 0.29) is 0 Å². The molecule has 2 aliphatic heterocycles. The lowest BCUT2D eigenvalue weighted by molar-refractivity contribution is 0.181. The minimum atomic E-state index is 0.633. The lowest BCUT2D eigenvalue weighted by Crippen LogP contribution is -2.43. The molecule has 2 heterocycles. The average molecular weight is 330 g/mol. The average Bonchev–Trinajstić information content (AvgIpc) is 3.28. The second-order valence-corrected chi connectivity index (χ2v) is 6.97. The van der Waals surface area contributed by atoms with Crippen LogP contribution in [0.25, 0.3) is 0 Å². The van der Waals surface area contributed by atoms with Gasteiger partial charge in [-0.2, -0.15) is 0 Å². The van der Waals surface area contributed by atoms with Gasteiger partial charge < -0.3 is 19.9 Å². The van der Waals surface area contributed by atoms with Gasteiger partial charge in [0.25, 0.3) is 0 Å². The molecular weight excluding hydrogens is 300 g/mol. The summed E-state index contributed by atoms with van der Waals surface area (Å²) in [6.07, 6.45) is 2.40. The van der Waals surface area contributed by atoms with Crippen LogP contribution < -0.4 is 10.2 Å². The van der Waals surface area contributed by atoms with E-state index in [0.29, 0.717) is 11.8 Å². The summed E-state index contributed by atoms with van der Waals surface area (Å²) in [5.41, 5.74) is 1.34. The maximum Gasteiger partial charge on any atom is 0.193 e. The molecule has 1 aromatic rings. The highest BCUT2D eigenvalue weighted by atomic mass is 16.5. The van der Waals surface area contributed by atoms with Crippen LogP contribution in [0.5, 0.6) is 0 Å². The molecule has 2 fully saturated rings. The number of ether oxygens (including phenoxy) is 1. The summed E-state index contributed by atoms with van der Waals surface area (Å²) in [5.74, 6) is 2.30. The molecule has 0 amide bonds. The lowest BCUT2D eigenvalue weighted by Gasteiger charge is -2.25. The second kappa shape index (κ2) is 8.38. The molecule has 0 bridgehead atoms. The van der Waals surface area contributed by atoms with Crippen molar-refractivity contribution in [1.29, 1.82) is 0 Å². The predicted octanol–water partition coefficient (Wildman–Crippen LogP) is 2.06. The molecule has 0 spiro atoms. The maximum atomic E-state index is 5.47. The van der Waals surface area contributed by atoms with E-state index in [4.69, 9.17) is 4.74 Å². The molecule has 2 aliphatic rings. The number of anilines is 1. The van der Waals surface area contributed by atoms with Gasteiger partial charge in [0.15, 0.2) is 5.96 Å². The molecule has 2 unspecified atom stereocenters. The molecule has 2 atom stereocenters. The van der Waals surface area contributed by atoms with Crippen LogP contribution in [0.4, 0.5) is 5.69 Å². The summed E-state index contributed by atoms with van der Waals surface area (Å²) in [6, 6.07) is 10.7. The molecule has 1 aromatic carbocycles. The van der Waals surface area contributed by atoms with Crippen molar-refractivity contribution in [3.63, 3.8) is 0 Å². The molecule has 0 aliphatic carbocycles. The van der Waals surface area contributed by atoms with E-state index in [9.17, 15) is 0 Å². The van der Waals surface area contributed by atoms with Crippen LogP contribution in [-0.2, 0) is 4.74 Å². The minimum Gasteiger partial charge on any atom is -0.381 e. The fourth-order valence-corrected chi connectivity index (χ4v) is 3.69. The smallest absolute Gasteiger partial charge is 0.193 e. The Balaban J connectivity index is 1.44. The first-order valence-electron chi connectivity index (χ1n) is 9.06. The molecular formula is C19H30N4O. The van der Waals surface area contributed by atoms with Crippen molar-refractivity contribution in [2.75, 3.05) is 58.4 Å². The fourth-order valence-electron chi connectivity index (χ4n) is 3.69. The molecule has 0 radical (unpaired) electrons. The highest BCUT2D eigenvalue weighted by molar-refractivity contribution is 5.79. The van der Waals surface area contributed by atoms with Gasteiger partial charge in [0, 0.05) is 58.5 Å². The molecule has 0 saturated carbocycles. The number of nitrogens with one attached hydrogen (secondary N) is 1. The number of rotatable bonds is 5. The van der Waals surface area contributed by atoms with Crippen LogP contribution in [0, 0.1) is 11.8 Å². The third-order valence-electron chi connectivity index (χ3n) is 5.09. The predicted molar refractivity (Wildman–Crippen MR) is 99.7 cm³/mol. The standard InChI is InChI=1S/C19H30N4O/c1-20-19(22(2)13-17-9-11-24-15-17)21-12-16-8-10-23(14-16)18-6-4-3-5-7-18/h3-7,16-17H,8-15H2,1-2H3,(H,20,21). The molecule has 3 rings (SSSR count). The van der Waals surface area contributed by atoms with Crippen LogP contribution in [-0.4, -0.2) is 64.3 Å². The summed E-state index contributed by atoms with van der Waals surface area (Å²) < 4.78 is 5.47. The van der Waals surface area contributed by atoms with Gasteiger partial charge in [-0.05, 0) is 30.9 Å². The molecule has 1 N–H and O–H groups in total. The van der Waals surface area contributed by atoms with E-state index in [1.807, 2.05) is 7.05 Å². The molecule has 5 heteroatoms. The lowest BCUT2D eigenvalue weighted by atomic mass is 10.1.